The largest absolute Gasteiger partial charge is 0.426 e. The monoisotopic (exact) mass is 498 g/mol. The molecule has 0 radical (unpaired) electrons. The van der Waals surface area contributed by atoms with E-state index in [1.807, 2.05) is 12.2 Å². The summed E-state index contributed by atoms with van der Waals surface area (Å²) in [5.74, 6) is -0.815. The van der Waals surface area contributed by atoms with Crippen molar-refractivity contribution in [3.8, 4) is 5.75 Å². The Morgan fingerprint density at radius 2 is 1.27 bits per heavy atom. The van der Waals surface area contributed by atoms with E-state index >= 15 is 0 Å². The summed E-state index contributed by atoms with van der Waals surface area (Å²) in [6, 6.07) is 4.75. The molecule has 0 bridgehead atoms. The van der Waals surface area contributed by atoms with Gasteiger partial charge in [-0.05, 0) is 64.0 Å². The van der Waals surface area contributed by atoms with Gasteiger partial charge in [0.1, 0.15) is 5.75 Å². The topological polar surface area (TPSA) is 60.4 Å². The van der Waals surface area contributed by atoms with Crippen molar-refractivity contribution >= 4 is 17.5 Å². The maximum absolute atomic E-state index is 12.3. The molecule has 0 fully saturated rings. The lowest BCUT2D eigenvalue weighted by Gasteiger charge is -2.15. The number of Topliss-reactive ketones (excluding diaryl/α,β-unsaturated/α-hetero) is 1. The predicted molar refractivity (Wildman–Crippen MR) is 152 cm³/mol. The van der Waals surface area contributed by atoms with Crippen molar-refractivity contribution in [2.24, 2.45) is 0 Å². The van der Waals surface area contributed by atoms with Crippen LogP contribution in [0.15, 0.2) is 103 Å². The first-order valence-electron chi connectivity index (χ1n) is 13.1. The molecule has 0 saturated carbocycles. The van der Waals surface area contributed by atoms with E-state index in [1.54, 1.807) is 25.1 Å². The van der Waals surface area contributed by atoms with Crippen LogP contribution in [0.3, 0.4) is 0 Å². The van der Waals surface area contributed by atoms with Crippen LogP contribution in [0.5, 0.6) is 5.75 Å². The van der Waals surface area contributed by atoms with Gasteiger partial charge in [-0.25, -0.2) is 0 Å². The Bertz CT molecular complexity index is 1120. The second-order valence-electron chi connectivity index (χ2n) is 8.63. The maximum atomic E-state index is 12.3. The van der Waals surface area contributed by atoms with Gasteiger partial charge in [0.15, 0.2) is 11.6 Å². The summed E-state index contributed by atoms with van der Waals surface area (Å²) < 4.78 is 5.40. The molecule has 4 heteroatoms. The molecule has 2 rings (SSSR count). The molecule has 0 N–H and O–H groups in total. The minimum absolute atomic E-state index is 0.146. The van der Waals surface area contributed by atoms with Crippen LogP contribution >= 0.6 is 0 Å². The molecule has 0 aromatic heterocycles. The van der Waals surface area contributed by atoms with Crippen molar-refractivity contribution in [3.05, 3.63) is 114 Å². The van der Waals surface area contributed by atoms with Crippen molar-refractivity contribution in [1.29, 1.82) is 0 Å². The number of carbonyl (C=O) groups is 3. The second-order valence-corrected chi connectivity index (χ2v) is 8.63. The molecule has 37 heavy (non-hydrogen) atoms. The zero-order valence-electron chi connectivity index (χ0n) is 22.0. The van der Waals surface area contributed by atoms with Gasteiger partial charge in [0, 0.05) is 17.6 Å². The number of fused-ring (bicyclic) bond motifs is 1. The van der Waals surface area contributed by atoms with E-state index in [0.717, 1.165) is 38.5 Å². The first-order chi connectivity index (χ1) is 18.0. The Kier molecular flexibility index (Phi) is 14.0. The molecule has 0 amide bonds. The molecule has 0 spiro atoms. The van der Waals surface area contributed by atoms with Crippen LogP contribution in [0, 0.1) is 0 Å². The number of esters is 1. The third-order valence-electron chi connectivity index (χ3n) is 5.56. The highest BCUT2D eigenvalue weighted by Crippen LogP contribution is 2.29. The molecule has 0 aliphatic heterocycles. The van der Waals surface area contributed by atoms with E-state index in [4.69, 9.17) is 4.74 Å². The molecular formula is C33H38O4. The smallest absolute Gasteiger partial charge is 0.311 e. The highest BCUT2D eigenvalue weighted by atomic mass is 16.5. The summed E-state index contributed by atoms with van der Waals surface area (Å²) >= 11 is 0. The van der Waals surface area contributed by atoms with Crippen LogP contribution in [0.2, 0.25) is 0 Å². The fourth-order valence-corrected chi connectivity index (χ4v) is 3.62. The van der Waals surface area contributed by atoms with Gasteiger partial charge in [-0.2, -0.15) is 0 Å². The molecular weight excluding hydrogens is 460 g/mol. The number of allylic oxidation sites excluding steroid dienone is 14. The Hall–Kier alpha value is -3.79. The van der Waals surface area contributed by atoms with Crippen LogP contribution in [0.25, 0.3) is 0 Å². The molecule has 0 unspecified atom stereocenters. The van der Waals surface area contributed by atoms with Crippen molar-refractivity contribution in [1.82, 2.24) is 0 Å². The van der Waals surface area contributed by atoms with Gasteiger partial charge in [0.2, 0.25) is 0 Å². The fourth-order valence-electron chi connectivity index (χ4n) is 3.62. The van der Waals surface area contributed by atoms with Gasteiger partial charge in [-0.15, -0.1) is 0 Å². The van der Waals surface area contributed by atoms with Crippen molar-refractivity contribution in [2.45, 2.75) is 65.2 Å². The minimum atomic E-state index is -0.431. The number of ether oxygens (including phenoxy) is 1. The molecule has 1 aliphatic rings. The average molecular weight is 499 g/mol. The van der Waals surface area contributed by atoms with Gasteiger partial charge in [-0.1, -0.05) is 92.0 Å². The zero-order chi connectivity index (χ0) is 26.7. The van der Waals surface area contributed by atoms with E-state index in [-0.39, 0.29) is 34.9 Å². The SMILES string of the molecule is CC/C=C\C/C=C\C/C=C\C/C=C\C/C=C\C/C=C\CCC(=O)Oc1cccc2c1C(=O)C=C(C)C2=O. The van der Waals surface area contributed by atoms with Crippen LogP contribution in [-0.2, 0) is 4.79 Å². The predicted octanol–water partition coefficient (Wildman–Crippen LogP) is 8.40. The number of carbonyl (C=O) groups excluding carboxylic acids is 3. The van der Waals surface area contributed by atoms with Gasteiger partial charge in [0.25, 0.3) is 0 Å². The number of rotatable bonds is 15. The Balaban J connectivity index is 1.59. The average Bonchev–Trinajstić information content (AvgIpc) is 2.88. The van der Waals surface area contributed by atoms with Crippen LogP contribution in [-0.4, -0.2) is 17.5 Å². The van der Waals surface area contributed by atoms with Crippen molar-refractivity contribution in [3.63, 3.8) is 0 Å². The van der Waals surface area contributed by atoms with E-state index in [2.05, 4.69) is 67.7 Å². The third kappa shape index (κ3) is 11.2. The highest BCUT2D eigenvalue weighted by Gasteiger charge is 2.27. The van der Waals surface area contributed by atoms with Crippen molar-refractivity contribution < 1.29 is 19.1 Å². The standard InChI is InChI=1S/C33H38O4/c1-3-4-5-6-7-8-9-10-11-12-13-14-15-16-17-18-19-20-21-25-31(35)37-30-24-22-23-28-32(30)29(34)26-27(2)33(28)36/h4-5,7-8,10-11,13-14,16-17,19-20,22-24,26H,3,6,9,12,15,18,21,25H2,1-2H3/b5-4-,8-7-,11-10-,14-13-,17-16-,20-19-. The summed E-state index contributed by atoms with van der Waals surface area (Å²) in [6.07, 6.45) is 33.4. The summed E-state index contributed by atoms with van der Waals surface area (Å²) in [6.45, 7) is 3.75. The lowest BCUT2D eigenvalue weighted by atomic mass is 9.89. The molecule has 1 aromatic carbocycles. The summed E-state index contributed by atoms with van der Waals surface area (Å²) in [5.41, 5.74) is 0.839. The number of hydrogen-bond acceptors (Lipinski definition) is 4. The molecule has 0 atom stereocenters. The molecule has 194 valence electrons. The normalized spacial score (nSPS) is 14.3. The van der Waals surface area contributed by atoms with Crippen LogP contribution < -0.4 is 4.74 Å². The van der Waals surface area contributed by atoms with E-state index in [0.29, 0.717) is 12.0 Å². The summed E-state index contributed by atoms with van der Waals surface area (Å²) in [4.78, 5) is 36.8. The van der Waals surface area contributed by atoms with Gasteiger partial charge in [-0.3, -0.25) is 14.4 Å². The summed E-state index contributed by atoms with van der Waals surface area (Å²) in [7, 11) is 0. The molecule has 1 aromatic rings. The second kappa shape index (κ2) is 17.6. The lowest BCUT2D eigenvalue weighted by Crippen LogP contribution is -2.18. The number of ketones is 2. The Labute approximate surface area is 221 Å². The highest BCUT2D eigenvalue weighted by molar-refractivity contribution is 6.25. The van der Waals surface area contributed by atoms with Crippen LogP contribution in [0.4, 0.5) is 0 Å². The molecule has 0 heterocycles. The summed E-state index contributed by atoms with van der Waals surface area (Å²) in [5, 5.41) is 0. The van der Waals surface area contributed by atoms with Crippen molar-refractivity contribution in [2.75, 3.05) is 0 Å². The lowest BCUT2D eigenvalue weighted by molar-refractivity contribution is -0.134. The minimum Gasteiger partial charge on any atom is -0.426 e. The van der Waals surface area contributed by atoms with Gasteiger partial charge >= 0.3 is 5.97 Å². The number of hydrogen-bond donors (Lipinski definition) is 0. The number of benzene rings is 1. The Morgan fingerprint density at radius 1 is 0.757 bits per heavy atom. The quantitative estimate of drug-likeness (QED) is 0.138. The van der Waals surface area contributed by atoms with E-state index in [9.17, 15) is 14.4 Å². The molecule has 0 saturated heterocycles. The Morgan fingerprint density at radius 3 is 1.81 bits per heavy atom. The first kappa shape index (κ1) is 29.4. The van der Waals surface area contributed by atoms with Crippen LogP contribution in [0.1, 0.15) is 85.9 Å². The first-order valence-corrected chi connectivity index (χ1v) is 13.1. The van der Waals surface area contributed by atoms with E-state index in [1.165, 1.54) is 6.08 Å². The van der Waals surface area contributed by atoms with Gasteiger partial charge in [0.05, 0.1) is 5.56 Å². The molecule has 4 nitrogen and oxygen atoms in total. The molecule has 1 aliphatic carbocycles. The zero-order valence-corrected chi connectivity index (χ0v) is 22.0. The van der Waals surface area contributed by atoms with E-state index < -0.39 is 5.97 Å². The fraction of sp³-hybridized carbons (Fsp3) is 0.303. The maximum Gasteiger partial charge on any atom is 0.311 e. The third-order valence-corrected chi connectivity index (χ3v) is 5.56. The van der Waals surface area contributed by atoms with Gasteiger partial charge < -0.3 is 4.74 Å².